The van der Waals surface area contributed by atoms with Crippen molar-refractivity contribution >= 4 is 38.9 Å². The molecule has 0 fully saturated rings. The minimum atomic E-state index is -3.84. The molecule has 0 bridgehead atoms. The predicted molar refractivity (Wildman–Crippen MR) is 130 cm³/mol. The molecule has 4 rings (SSSR count). The molecule has 34 heavy (non-hydrogen) atoms. The van der Waals surface area contributed by atoms with Gasteiger partial charge in [-0.1, -0.05) is 35.4 Å². The number of hydrogen-bond donors (Lipinski definition) is 2. The van der Waals surface area contributed by atoms with E-state index in [2.05, 4.69) is 20.2 Å². The average Bonchev–Trinajstić information content (AvgIpc) is 3.29. The topological polar surface area (TPSA) is 114 Å². The van der Waals surface area contributed by atoms with E-state index in [0.29, 0.717) is 28.2 Å². The number of sulfonamides is 1. The number of nitrogens with one attached hydrogen (secondary N) is 2. The Bertz CT molecular complexity index is 1400. The summed E-state index contributed by atoms with van der Waals surface area (Å²) in [5.74, 6) is 0.422. The van der Waals surface area contributed by atoms with Crippen molar-refractivity contribution in [2.75, 3.05) is 10.0 Å². The molecule has 1 heterocycles. The third kappa shape index (κ3) is 6.00. The van der Waals surface area contributed by atoms with Gasteiger partial charge in [-0.2, -0.15) is 0 Å². The van der Waals surface area contributed by atoms with Gasteiger partial charge in [0.25, 0.3) is 10.0 Å². The Hall–Kier alpha value is -3.69. The Kier molecular flexibility index (Phi) is 6.95. The van der Waals surface area contributed by atoms with Gasteiger partial charge in [0, 0.05) is 34.8 Å². The number of rotatable bonds is 8. The van der Waals surface area contributed by atoms with Crippen LogP contribution in [0.3, 0.4) is 0 Å². The zero-order valence-corrected chi connectivity index (χ0v) is 19.7. The highest BCUT2D eigenvalue weighted by molar-refractivity contribution is 7.92. The standard InChI is InChI=1S/C24H21ClN4O4S/c1-16-5-7-17(8-6-16)24-28-27-23(33-24)14-13-22(30)26-20-3-2-4-21(15-20)34(31,32)29-19-11-9-18(25)10-12-19/h2-12,15,29H,13-14H2,1H3,(H,26,30). The van der Waals surface area contributed by atoms with Crippen LogP contribution in [0.5, 0.6) is 0 Å². The van der Waals surface area contributed by atoms with Crippen LogP contribution in [0.2, 0.25) is 5.02 Å². The second kappa shape index (κ2) is 10.1. The summed E-state index contributed by atoms with van der Waals surface area (Å²) in [7, 11) is -3.84. The molecule has 0 atom stereocenters. The number of hydrogen-bond acceptors (Lipinski definition) is 6. The van der Waals surface area contributed by atoms with Gasteiger partial charge in [-0.05, 0) is 61.5 Å². The van der Waals surface area contributed by atoms with Crippen molar-refractivity contribution in [3.8, 4) is 11.5 Å². The van der Waals surface area contributed by atoms with Crippen LogP contribution in [0, 0.1) is 6.92 Å². The fourth-order valence-electron chi connectivity index (χ4n) is 3.08. The van der Waals surface area contributed by atoms with E-state index in [-0.39, 0.29) is 23.6 Å². The van der Waals surface area contributed by atoms with Crippen LogP contribution >= 0.6 is 11.6 Å². The van der Waals surface area contributed by atoms with Gasteiger partial charge < -0.3 is 9.73 Å². The van der Waals surface area contributed by atoms with Crippen LogP contribution in [-0.4, -0.2) is 24.5 Å². The molecule has 10 heteroatoms. The molecule has 0 aliphatic rings. The molecular weight excluding hydrogens is 476 g/mol. The smallest absolute Gasteiger partial charge is 0.261 e. The van der Waals surface area contributed by atoms with Crippen molar-refractivity contribution in [2.45, 2.75) is 24.7 Å². The van der Waals surface area contributed by atoms with Crippen molar-refractivity contribution in [3.05, 3.63) is 89.3 Å². The first-order valence-corrected chi connectivity index (χ1v) is 12.2. The maximum Gasteiger partial charge on any atom is 0.261 e. The molecule has 1 aromatic heterocycles. The first-order valence-electron chi connectivity index (χ1n) is 10.4. The highest BCUT2D eigenvalue weighted by atomic mass is 35.5. The largest absolute Gasteiger partial charge is 0.421 e. The second-order valence-electron chi connectivity index (χ2n) is 7.56. The van der Waals surface area contributed by atoms with Gasteiger partial charge in [0.1, 0.15) is 0 Å². The van der Waals surface area contributed by atoms with Gasteiger partial charge >= 0.3 is 0 Å². The summed E-state index contributed by atoms with van der Waals surface area (Å²) in [6.45, 7) is 1.99. The van der Waals surface area contributed by atoms with E-state index in [1.165, 1.54) is 12.1 Å². The zero-order valence-electron chi connectivity index (χ0n) is 18.2. The average molecular weight is 497 g/mol. The maximum absolute atomic E-state index is 12.7. The van der Waals surface area contributed by atoms with Crippen LogP contribution in [0.25, 0.3) is 11.5 Å². The molecule has 1 amide bonds. The number of amides is 1. The van der Waals surface area contributed by atoms with Crippen LogP contribution in [0.15, 0.2) is 82.1 Å². The minimum absolute atomic E-state index is 0.0138. The van der Waals surface area contributed by atoms with Gasteiger partial charge in [0.15, 0.2) is 0 Å². The Morgan fingerprint density at radius 2 is 1.71 bits per heavy atom. The summed E-state index contributed by atoms with van der Waals surface area (Å²) < 4.78 is 33.5. The third-order valence-electron chi connectivity index (χ3n) is 4.86. The second-order valence-corrected chi connectivity index (χ2v) is 9.67. The fourth-order valence-corrected chi connectivity index (χ4v) is 4.31. The van der Waals surface area contributed by atoms with Crippen LogP contribution < -0.4 is 10.0 Å². The molecule has 0 saturated carbocycles. The number of carbonyl (C=O) groups excluding carboxylic acids is 1. The number of aryl methyl sites for hydroxylation is 2. The first kappa shape index (κ1) is 23.5. The molecule has 0 spiro atoms. The van der Waals surface area contributed by atoms with Gasteiger partial charge in [-0.25, -0.2) is 8.42 Å². The van der Waals surface area contributed by atoms with Crippen molar-refractivity contribution in [1.29, 1.82) is 0 Å². The van der Waals surface area contributed by atoms with Crippen LogP contribution in [0.4, 0.5) is 11.4 Å². The molecule has 0 saturated heterocycles. The van der Waals surface area contributed by atoms with Gasteiger partial charge in [-0.15, -0.1) is 10.2 Å². The number of benzene rings is 3. The number of nitrogens with zero attached hydrogens (tertiary/aromatic N) is 2. The van der Waals surface area contributed by atoms with E-state index < -0.39 is 10.0 Å². The molecule has 8 nitrogen and oxygen atoms in total. The summed E-state index contributed by atoms with van der Waals surface area (Å²) in [6.07, 6.45) is 0.344. The molecule has 0 radical (unpaired) electrons. The molecule has 174 valence electrons. The SMILES string of the molecule is Cc1ccc(-c2nnc(CCC(=O)Nc3cccc(S(=O)(=O)Nc4ccc(Cl)cc4)c3)o2)cc1. The van der Waals surface area contributed by atoms with Crippen molar-refractivity contribution in [1.82, 2.24) is 10.2 Å². The van der Waals surface area contributed by atoms with Crippen molar-refractivity contribution in [3.63, 3.8) is 0 Å². The van der Waals surface area contributed by atoms with Gasteiger partial charge in [0.05, 0.1) is 4.90 Å². The lowest BCUT2D eigenvalue weighted by atomic mass is 10.1. The minimum Gasteiger partial charge on any atom is -0.421 e. The quantitative estimate of drug-likeness (QED) is 0.352. The third-order valence-corrected chi connectivity index (χ3v) is 6.49. The van der Waals surface area contributed by atoms with E-state index in [1.807, 2.05) is 31.2 Å². The van der Waals surface area contributed by atoms with E-state index in [0.717, 1.165) is 11.1 Å². The van der Waals surface area contributed by atoms with E-state index >= 15 is 0 Å². The number of aromatic nitrogens is 2. The van der Waals surface area contributed by atoms with Crippen LogP contribution in [0.1, 0.15) is 17.9 Å². The summed E-state index contributed by atoms with van der Waals surface area (Å²) >= 11 is 5.84. The van der Waals surface area contributed by atoms with Crippen molar-refractivity contribution in [2.24, 2.45) is 0 Å². The highest BCUT2D eigenvalue weighted by Crippen LogP contribution is 2.22. The highest BCUT2D eigenvalue weighted by Gasteiger charge is 2.16. The Morgan fingerprint density at radius 3 is 2.44 bits per heavy atom. The monoisotopic (exact) mass is 496 g/mol. The summed E-state index contributed by atoms with van der Waals surface area (Å²) in [4.78, 5) is 12.4. The summed E-state index contributed by atoms with van der Waals surface area (Å²) in [6, 6.07) is 20.0. The lowest BCUT2D eigenvalue weighted by molar-refractivity contribution is -0.116. The molecule has 4 aromatic rings. The first-order chi connectivity index (χ1) is 16.3. The Morgan fingerprint density at radius 1 is 0.971 bits per heavy atom. The maximum atomic E-state index is 12.7. The van der Waals surface area contributed by atoms with E-state index in [4.69, 9.17) is 16.0 Å². The number of carbonyl (C=O) groups is 1. The van der Waals surface area contributed by atoms with Gasteiger partial charge in [0.2, 0.25) is 17.7 Å². The van der Waals surface area contributed by atoms with E-state index in [9.17, 15) is 13.2 Å². The normalized spacial score (nSPS) is 11.2. The van der Waals surface area contributed by atoms with Crippen LogP contribution in [-0.2, 0) is 21.2 Å². The van der Waals surface area contributed by atoms with Crippen molar-refractivity contribution < 1.29 is 17.6 Å². The molecule has 2 N–H and O–H groups in total. The molecule has 3 aromatic carbocycles. The fraction of sp³-hybridized carbons (Fsp3) is 0.125. The molecule has 0 aliphatic heterocycles. The summed E-state index contributed by atoms with van der Waals surface area (Å²) in [5.41, 5.74) is 2.66. The Balaban J connectivity index is 1.36. The lowest BCUT2D eigenvalue weighted by Gasteiger charge is -2.10. The number of halogens is 1. The zero-order chi connectivity index (χ0) is 24.1. The Labute approximate surface area is 202 Å². The summed E-state index contributed by atoms with van der Waals surface area (Å²) in [5, 5.41) is 11.2. The van der Waals surface area contributed by atoms with E-state index in [1.54, 1.807) is 36.4 Å². The lowest BCUT2D eigenvalue weighted by Crippen LogP contribution is -2.15. The predicted octanol–water partition coefficient (Wildman–Crippen LogP) is 5.07. The molecule has 0 unspecified atom stereocenters. The number of anilines is 2. The molecular formula is C24H21ClN4O4S. The van der Waals surface area contributed by atoms with Gasteiger partial charge in [-0.3, -0.25) is 9.52 Å². The molecule has 0 aliphatic carbocycles.